The van der Waals surface area contributed by atoms with Gasteiger partial charge in [-0.25, -0.2) is 0 Å². The van der Waals surface area contributed by atoms with Crippen LogP contribution in [0.15, 0.2) is 53.6 Å². The van der Waals surface area contributed by atoms with Crippen molar-refractivity contribution in [2.24, 2.45) is 0 Å². The van der Waals surface area contributed by atoms with Gasteiger partial charge in [-0.2, -0.15) is 0 Å². The summed E-state index contributed by atoms with van der Waals surface area (Å²) < 4.78 is 5.56. The number of ether oxygens (including phenoxy) is 1. The lowest BCUT2D eigenvalue weighted by Gasteiger charge is -2.07. The molecule has 0 bridgehead atoms. The van der Waals surface area contributed by atoms with Crippen molar-refractivity contribution in [3.63, 3.8) is 0 Å². The van der Waals surface area contributed by atoms with E-state index in [9.17, 15) is 14.8 Å². The quantitative estimate of drug-likeness (QED) is 0.493. The zero-order valence-electron chi connectivity index (χ0n) is 14.1. The van der Waals surface area contributed by atoms with Crippen LogP contribution in [0.1, 0.15) is 32.8 Å². The van der Waals surface area contributed by atoms with Gasteiger partial charge in [0.15, 0.2) is 0 Å². The summed E-state index contributed by atoms with van der Waals surface area (Å²) in [4.78, 5) is 24.2. The van der Waals surface area contributed by atoms with Gasteiger partial charge in [0, 0.05) is 0 Å². The molecule has 5 nitrogen and oxygen atoms in total. The molecule has 126 valence electrons. The molecule has 1 aliphatic rings. The van der Waals surface area contributed by atoms with E-state index in [2.05, 4.69) is 0 Å². The molecule has 0 unspecified atom stereocenters. The Morgan fingerprint density at radius 3 is 2.38 bits per heavy atom. The molecule has 1 N–H and O–H groups in total. The van der Waals surface area contributed by atoms with Crippen molar-refractivity contribution in [3.05, 3.63) is 59.2 Å². The molecule has 5 heteroatoms. The van der Waals surface area contributed by atoms with Crippen LogP contribution in [0.4, 0.5) is 0 Å². The Kier molecular flexibility index (Phi) is 5.71. The van der Waals surface area contributed by atoms with Gasteiger partial charge in [-0.05, 0) is 44.0 Å². The summed E-state index contributed by atoms with van der Waals surface area (Å²) in [5.74, 6) is -0.755. The monoisotopic (exact) mass is 327 g/mol. The Labute approximate surface area is 141 Å². The first-order chi connectivity index (χ1) is 11.5. The molecule has 0 saturated heterocycles. The van der Waals surface area contributed by atoms with Gasteiger partial charge in [-0.3, -0.25) is 14.8 Å². The number of rotatable bonds is 6. The molecule has 0 atom stereocenters. The van der Waals surface area contributed by atoms with Crippen molar-refractivity contribution >= 4 is 17.4 Å². The fourth-order valence-electron chi connectivity index (χ4n) is 2.33. The van der Waals surface area contributed by atoms with Crippen LogP contribution < -0.4 is 4.74 Å². The third-order valence-corrected chi connectivity index (χ3v) is 3.42. The Morgan fingerprint density at radius 1 is 1.12 bits per heavy atom. The van der Waals surface area contributed by atoms with Gasteiger partial charge in [0.1, 0.15) is 12.4 Å². The van der Waals surface area contributed by atoms with Crippen LogP contribution >= 0.6 is 0 Å². The lowest BCUT2D eigenvalue weighted by Crippen LogP contribution is -2.27. The van der Waals surface area contributed by atoms with Crippen molar-refractivity contribution < 1.29 is 19.5 Å². The highest BCUT2D eigenvalue weighted by molar-refractivity contribution is 6.36. The van der Waals surface area contributed by atoms with Crippen molar-refractivity contribution in [1.29, 1.82) is 0 Å². The maximum Gasteiger partial charge on any atom is 0.286 e. The second-order valence-corrected chi connectivity index (χ2v) is 5.65. The number of carbonyl (C=O) groups excluding carboxylic acids is 2. The molecule has 1 aromatic carbocycles. The Balaban J connectivity index is 2.30. The van der Waals surface area contributed by atoms with Gasteiger partial charge < -0.3 is 4.74 Å². The van der Waals surface area contributed by atoms with E-state index >= 15 is 0 Å². The van der Waals surface area contributed by atoms with E-state index < -0.39 is 11.8 Å². The van der Waals surface area contributed by atoms with Gasteiger partial charge in [0.2, 0.25) is 0 Å². The molecule has 0 aliphatic carbocycles. The van der Waals surface area contributed by atoms with Crippen LogP contribution in [0.5, 0.6) is 5.75 Å². The highest BCUT2D eigenvalue weighted by Crippen LogP contribution is 2.30. The fourth-order valence-corrected chi connectivity index (χ4v) is 2.33. The van der Waals surface area contributed by atoms with Crippen LogP contribution in [0, 0.1) is 0 Å². The molecule has 0 aromatic heterocycles. The number of amides is 2. The number of carbonyl (C=O) groups is 2. The van der Waals surface area contributed by atoms with Crippen LogP contribution in [-0.4, -0.2) is 28.7 Å². The molecule has 0 spiro atoms. The number of nitrogens with zero attached hydrogens (tertiary/aromatic N) is 1. The first-order valence-corrected chi connectivity index (χ1v) is 7.80. The predicted molar refractivity (Wildman–Crippen MR) is 91.4 cm³/mol. The normalized spacial score (nSPS) is 14.8. The summed E-state index contributed by atoms with van der Waals surface area (Å²) in [5, 5.41) is 9.79. The van der Waals surface area contributed by atoms with Crippen LogP contribution in [-0.2, 0) is 9.59 Å². The maximum atomic E-state index is 12.2. The molecule has 0 fully saturated rings. The number of benzene rings is 1. The van der Waals surface area contributed by atoms with Crippen molar-refractivity contribution in [1.82, 2.24) is 5.06 Å². The SMILES string of the molecule is CCC=CCOc1ccc(C2=C(C=C(C)C)C(=O)N(O)C2=O)cc1. The van der Waals surface area contributed by atoms with Gasteiger partial charge in [0.25, 0.3) is 11.8 Å². The maximum absolute atomic E-state index is 12.2. The lowest BCUT2D eigenvalue weighted by atomic mass is 10.00. The summed E-state index contributed by atoms with van der Waals surface area (Å²) in [6.45, 7) is 6.17. The molecule has 1 aliphatic heterocycles. The molecular weight excluding hydrogens is 306 g/mol. The van der Waals surface area contributed by atoms with Gasteiger partial charge in [-0.15, -0.1) is 5.06 Å². The average molecular weight is 327 g/mol. The van der Waals surface area contributed by atoms with E-state index in [0.717, 1.165) is 12.0 Å². The Bertz CT molecular complexity index is 722. The van der Waals surface area contributed by atoms with Crippen LogP contribution in [0.3, 0.4) is 0 Å². The zero-order valence-corrected chi connectivity index (χ0v) is 14.1. The highest BCUT2D eigenvalue weighted by atomic mass is 16.5. The topological polar surface area (TPSA) is 66.8 Å². The molecule has 0 saturated carbocycles. The Morgan fingerprint density at radius 2 is 1.79 bits per heavy atom. The average Bonchev–Trinajstić information content (AvgIpc) is 2.76. The first-order valence-electron chi connectivity index (χ1n) is 7.80. The van der Waals surface area contributed by atoms with Crippen molar-refractivity contribution in [3.8, 4) is 5.75 Å². The molecule has 1 heterocycles. The van der Waals surface area contributed by atoms with E-state index in [0.29, 0.717) is 17.9 Å². The molecule has 0 radical (unpaired) electrons. The number of imide groups is 1. The molecule has 2 rings (SSSR count). The highest BCUT2D eigenvalue weighted by Gasteiger charge is 2.37. The number of hydrogen-bond donors (Lipinski definition) is 1. The third-order valence-electron chi connectivity index (χ3n) is 3.42. The number of hydrogen-bond acceptors (Lipinski definition) is 4. The van der Waals surface area contributed by atoms with Gasteiger partial charge in [0.05, 0.1) is 11.1 Å². The molecule has 2 amide bonds. The van der Waals surface area contributed by atoms with E-state index in [-0.39, 0.29) is 16.2 Å². The minimum absolute atomic E-state index is 0.157. The van der Waals surface area contributed by atoms with Crippen molar-refractivity contribution in [2.45, 2.75) is 27.2 Å². The zero-order chi connectivity index (χ0) is 17.7. The van der Waals surface area contributed by atoms with E-state index in [1.807, 2.05) is 32.9 Å². The second-order valence-electron chi connectivity index (χ2n) is 5.65. The lowest BCUT2D eigenvalue weighted by molar-refractivity contribution is -0.169. The predicted octanol–water partition coefficient (Wildman–Crippen LogP) is 3.51. The van der Waals surface area contributed by atoms with Crippen LogP contribution in [0.2, 0.25) is 0 Å². The number of hydroxylamine groups is 2. The standard InChI is InChI=1S/C19H21NO4/c1-4-5-6-11-24-15-9-7-14(8-10-15)17-16(12-13(2)3)18(21)20(23)19(17)22/h5-10,12,23H,4,11H2,1-3H3. The van der Waals surface area contributed by atoms with Crippen molar-refractivity contribution in [2.75, 3.05) is 6.61 Å². The molecular formula is C19H21NO4. The summed E-state index contributed by atoms with van der Waals surface area (Å²) in [7, 11) is 0. The minimum Gasteiger partial charge on any atom is -0.490 e. The smallest absolute Gasteiger partial charge is 0.286 e. The van der Waals surface area contributed by atoms with Crippen LogP contribution in [0.25, 0.3) is 5.57 Å². The van der Waals surface area contributed by atoms with Gasteiger partial charge >= 0.3 is 0 Å². The third kappa shape index (κ3) is 3.81. The van der Waals surface area contributed by atoms with Gasteiger partial charge in [-0.1, -0.05) is 36.8 Å². The fraction of sp³-hybridized carbons (Fsp3) is 0.263. The first kappa shape index (κ1) is 17.7. The van der Waals surface area contributed by atoms with E-state index in [4.69, 9.17) is 4.74 Å². The minimum atomic E-state index is -0.716. The summed E-state index contributed by atoms with van der Waals surface area (Å²) in [6.07, 6.45) is 6.51. The largest absolute Gasteiger partial charge is 0.490 e. The summed E-state index contributed by atoms with van der Waals surface area (Å²) in [6, 6.07) is 6.88. The van der Waals surface area contributed by atoms with E-state index in [1.54, 1.807) is 30.3 Å². The molecule has 24 heavy (non-hydrogen) atoms. The van der Waals surface area contributed by atoms with E-state index in [1.165, 1.54) is 0 Å². The summed E-state index contributed by atoms with van der Waals surface area (Å²) in [5.41, 5.74) is 1.82. The molecule has 1 aromatic rings. The summed E-state index contributed by atoms with van der Waals surface area (Å²) >= 11 is 0. The Hall–Kier alpha value is -2.66. The second kappa shape index (κ2) is 7.75. The number of allylic oxidation sites excluding steroid dienone is 2.